The molecule has 31 heavy (non-hydrogen) atoms. The number of nitrogens with one attached hydrogen (secondary N) is 1. The maximum absolute atomic E-state index is 13.7. The second-order valence-electron chi connectivity index (χ2n) is 7.72. The number of amides is 1. The Kier molecular flexibility index (Phi) is 6.54. The zero-order valence-corrected chi connectivity index (χ0v) is 18.5. The molecule has 0 aromatic heterocycles. The Labute approximate surface area is 181 Å². The smallest absolute Gasteiger partial charge is 0.241 e. The van der Waals surface area contributed by atoms with Gasteiger partial charge in [-0.15, -0.1) is 0 Å². The average molecular weight is 453 g/mol. The Hall–Kier alpha value is -2.68. The summed E-state index contributed by atoms with van der Waals surface area (Å²) >= 11 is 0. The highest BCUT2D eigenvalue weighted by molar-refractivity contribution is 7.92. The van der Waals surface area contributed by atoms with Crippen molar-refractivity contribution in [1.29, 1.82) is 0 Å². The third-order valence-corrected chi connectivity index (χ3v) is 6.84. The van der Waals surface area contributed by atoms with Gasteiger partial charge in [-0.3, -0.25) is 9.10 Å². The van der Waals surface area contributed by atoms with Crippen molar-refractivity contribution in [3.63, 3.8) is 0 Å². The minimum absolute atomic E-state index is 0.125. The van der Waals surface area contributed by atoms with Crippen molar-refractivity contribution in [2.45, 2.75) is 44.8 Å². The van der Waals surface area contributed by atoms with Gasteiger partial charge in [0.25, 0.3) is 0 Å². The second kappa shape index (κ2) is 8.82. The average Bonchev–Trinajstić information content (AvgIpc) is 2.73. The number of para-hydroxylation sites is 1. The van der Waals surface area contributed by atoms with Crippen LogP contribution in [-0.4, -0.2) is 32.7 Å². The molecule has 0 aliphatic carbocycles. The highest BCUT2D eigenvalue weighted by Gasteiger charge is 2.39. The van der Waals surface area contributed by atoms with Gasteiger partial charge in [0.1, 0.15) is 17.9 Å². The molecule has 0 saturated heterocycles. The summed E-state index contributed by atoms with van der Waals surface area (Å²) in [4.78, 5) is 12.9. The van der Waals surface area contributed by atoms with Crippen LogP contribution in [0.25, 0.3) is 0 Å². The summed E-state index contributed by atoms with van der Waals surface area (Å²) in [6.07, 6.45) is 2.93. The molecule has 6 nitrogen and oxygen atoms in total. The molecular weight excluding hydrogens is 426 g/mol. The molecule has 0 saturated carbocycles. The number of carbonyl (C=O) groups is 1. The van der Waals surface area contributed by atoms with Crippen LogP contribution in [0.1, 0.15) is 44.7 Å². The lowest BCUT2D eigenvalue weighted by molar-refractivity contribution is -0.121. The molecular formula is C22H26F2N2O4S. The number of anilines is 1. The summed E-state index contributed by atoms with van der Waals surface area (Å²) < 4.78 is 58.4. The summed E-state index contributed by atoms with van der Waals surface area (Å²) in [6.45, 7) is 3.48. The van der Waals surface area contributed by atoms with Gasteiger partial charge in [0, 0.05) is 18.1 Å². The monoisotopic (exact) mass is 452 g/mol. The zero-order chi connectivity index (χ0) is 22.8. The minimum atomic E-state index is -3.92. The van der Waals surface area contributed by atoms with Gasteiger partial charge in [-0.1, -0.05) is 32.0 Å². The van der Waals surface area contributed by atoms with Crippen molar-refractivity contribution < 1.29 is 26.7 Å². The lowest BCUT2D eigenvalue weighted by atomic mass is 9.83. The van der Waals surface area contributed by atoms with Crippen LogP contribution in [0.5, 0.6) is 5.75 Å². The molecule has 3 rings (SSSR count). The number of sulfonamides is 1. The molecule has 0 unspecified atom stereocenters. The van der Waals surface area contributed by atoms with E-state index >= 15 is 0 Å². The molecule has 9 heteroatoms. The van der Waals surface area contributed by atoms with Crippen molar-refractivity contribution >= 4 is 21.6 Å². The van der Waals surface area contributed by atoms with E-state index in [1.807, 2.05) is 38.1 Å². The van der Waals surface area contributed by atoms with Crippen LogP contribution < -0.4 is 14.4 Å². The Balaban J connectivity index is 1.86. The van der Waals surface area contributed by atoms with Crippen LogP contribution in [0.3, 0.4) is 0 Å². The number of nitrogens with zero attached hydrogens (tertiary/aromatic N) is 1. The first-order chi connectivity index (χ1) is 14.6. The fourth-order valence-electron chi connectivity index (χ4n) is 3.84. The first-order valence-electron chi connectivity index (χ1n) is 10.1. The Morgan fingerprint density at radius 2 is 1.84 bits per heavy atom. The van der Waals surface area contributed by atoms with Crippen LogP contribution in [0.4, 0.5) is 14.5 Å². The van der Waals surface area contributed by atoms with Crippen LogP contribution >= 0.6 is 0 Å². The normalized spacial score (nSPS) is 17.4. The van der Waals surface area contributed by atoms with Crippen molar-refractivity contribution in [2.24, 2.45) is 0 Å². The van der Waals surface area contributed by atoms with E-state index in [4.69, 9.17) is 4.74 Å². The van der Waals surface area contributed by atoms with E-state index in [1.54, 1.807) is 0 Å². The topological polar surface area (TPSA) is 75.7 Å². The predicted octanol–water partition coefficient (Wildman–Crippen LogP) is 3.93. The SMILES string of the molecule is CCC1(CC)C[C@H](NC(=O)CN(c2ccc(F)c(F)c2)S(C)(=O)=O)c2ccccc2O1. The van der Waals surface area contributed by atoms with Crippen LogP contribution in [0, 0.1) is 11.6 Å². The fourth-order valence-corrected chi connectivity index (χ4v) is 4.69. The molecule has 0 radical (unpaired) electrons. The largest absolute Gasteiger partial charge is 0.487 e. The zero-order valence-electron chi connectivity index (χ0n) is 17.7. The molecule has 1 amide bonds. The van der Waals surface area contributed by atoms with Gasteiger partial charge in [-0.25, -0.2) is 17.2 Å². The number of ether oxygens (including phenoxy) is 1. The van der Waals surface area contributed by atoms with Crippen LogP contribution in [0.2, 0.25) is 0 Å². The summed E-state index contributed by atoms with van der Waals surface area (Å²) in [5.41, 5.74) is 0.246. The van der Waals surface area contributed by atoms with E-state index in [0.717, 1.165) is 47.2 Å². The summed E-state index contributed by atoms with van der Waals surface area (Å²) in [5.74, 6) is -2.17. The fraction of sp³-hybridized carbons (Fsp3) is 0.409. The summed E-state index contributed by atoms with van der Waals surface area (Å²) in [6, 6.07) is 9.74. The lowest BCUT2D eigenvalue weighted by Crippen LogP contribution is -2.47. The van der Waals surface area contributed by atoms with Crippen molar-refractivity contribution in [2.75, 3.05) is 17.1 Å². The summed E-state index contributed by atoms with van der Waals surface area (Å²) in [7, 11) is -3.92. The number of halogens is 2. The number of hydrogen-bond donors (Lipinski definition) is 1. The Morgan fingerprint density at radius 3 is 2.45 bits per heavy atom. The molecule has 0 fully saturated rings. The van der Waals surface area contributed by atoms with E-state index < -0.39 is 39.7 Å². The third-order valence-electron chi connectivity index (χ3n) is 5.70. The van der Waals surface area contributed by atoms with Crippen molar-refractivity contribution in [3.8, 4) is 5.75 Å². The van der Waals surface area contributed by atoms with Crippen LogP contribution in [-0.2, 0) is 14.8 Å². The second-order valence-corrected chi connectivity index (χ2v) is 9.63. The molecule has 0 bridgehead atoms. The van der Waals surface area contributed by atoms with E-state index in [0.29, 0.717) is 12.2 Å². The third kappa shape index (κ3) is 4.98. The molecule has 1 heterocycles. The van der Waals surface area contributed by atoms with Crippen molar-refractivity contribution in [1.82, 2.24) is 5.32 Å². The minimum Gasteiger partial charge on any atom is -0.487 e. The van der Waals surface area contributed by atoms with Gasteiger partial charge in [0.2, 0.25) is 15.9 Å². The molecule has 168 valence electrons. The molecule has 1 aliphatic heterocycles. The standard InChI is InChI=1S/C22H26F2N2O4S/c1-4-22(5-2)13-19(16-8-6-7-9-20(16)30-22)25-21(27)14-26(31(3,28)29)15-10-11-17(23)18(24)12-15/h6-12,19H,4-5,13-14H2,1-3H3,(H,25,27)/t19-/m0/s1. The maximum Gasteiger partial charge on any atom is 0.241 e. The Morgan fingerprint density at radius 1 is 1.16 bits per heavy atom. The van der Waals surface area contributed by atoms with Gasteiger partial charge in [-0.05, 0) is 31.0 Å². The van der Waals surface area contributed by atoms with Crippen LogP contribution in [0.15, 0.2) is 42.5 Å². The summed E-state index contributed by atoms with van der Waals surface area (Å²) in [5, 5.41) is 2.90. The first kappa shape index (κ1) is 23.0. The predicted molar refractivity (Wildman–Crippen MR) is 114 cm³/mol. The van der Waals surface area contributed by atoms with Crippen molar-refractivity contribution in [3.05, 3.63) is 59.7 Å². The van der Waals surface area contributed by atoms with Gasteiger partial charge in [0.05, 0.1) is 18.0 Å². The van der Waals surface area contributed by atoms with E-state index in [-0.39, 0.29) is 11.7 Å². The molecule has 2 aromatic carbocycles. The highest BCUT2D eigenvalue weighted by atomic mass is 32.2. The van der Waals surface area contributed by atoms with E-state index in [1.165, 1.54) is 0 Å². The molecule has 2 aromatic rings. The molecule has 1 N–H and O–H groups in total. The van der Waals surface area contributed by atoms with Gasteiger partial charge >= 0.3 is 0 Å². The number of hydrogen-bond acceptors (Lipinski definition) is 4. The number of carbonyl (C=O) groups excluding carboxylic acids is 1. The van der Waals surface area contributed by atoms with E-state index in [9.17, 15) is 22.0 Å². The first-order valence-corrected chi connectivity index (χ1v) is 11.9. The number of rotatable bonds is 7. The molecule has 0 spiro atoms. The Bertz CT molecular complexity index is 1070. The van der Waals surface area contributed by atoms with Gasteiger partial charge in [0.15, 0.2) is 11.6 Å². The number of fused-ring (bicyclic) bond motifs is 1. The van der Waals surface area contributed by atoms with Gasteiger partial charge in [-0.2, -0.15) is 0 Å². The van der Waals surface area contributed by atoms with Gasteiger partial charge < -0.3 is 10.1 Å². The highest BCUT2D eigenvalue weighted by Crippen LogP contribution is 2.42. The maximum atomic E-state index is 13.7. The quantitative estimate of drug-likeness (QED) is 0.691. The lowest BCUT2D eigenvalue weighted by Gasteiger charge is -2.41. The number of benzene rings is 2. The van der Waals surface area contributed by atoms with E-state index in [2.05, 4.69) is 5.32 Å². The molecule has 1 atom stereocenters. The molecule has 1 aliphatic rings.